The zero-order valence-electron chi connectivity index (χ0n) is 16.5. The lowest BCUT2D eigenvalue weighted by Crippen LogP contribution is -2.40. The van der Waals surface area contributed by atoms with Crippen molar-refractivity contribution in [1.82, 2.24) is 10.2 Å². The van der Waals surface area contributed by atoms with Crippen molar-refractivity contribution >= 4 is 64.1 Å². The molecule has 0 atom stereocenters. The summed E-state index contributed by atoms with van der Waals surface area (Å²) in [5, 5.41) is 5.78. The molecular weight excluding hydrogens is 482 g/mol. The highest BCUT2D eigenvalue weighted by molar-refractivity contribution is 7.98. The monoisotopic (exact) mass is 504 g/mol. The van der Waals surface area contributed by atoms with E-state index in [-0.39, 0.29) is 11.8 Å². The molecule has 0 spiro atoms. The Bertz CT molecular complexity index is 852. The third kappa shape index (κ3) is 6.94. The molecule has 0 unspecified atom stereocenters. The van der Waals surface area contributed by atoms with E-state index < -0.39 is 0 Å². The second-order valence-corrected chi connectivity index (χ2v) is 10.1. The van der Waals surface area contributed by atoms with Gasteiger partial charge >= 0.3 is 0 Å². The number of hydrogen-bond acceptors (Lipinski definition) is 3. The highest BCUT2D eigenvalue weighted by Gasteiger charge is 2.25. The van der Waals surface area contributed by atoms with Crippen LogP contribution in [0.5, 0.6) is 0 Å². The topological polar surface area (TPSA) is 32.3 Å². The van der Waals surface area contributed by atoms with Crippen LogP contribution in [-0.4, -0.2) is 36.2 Å². The molecule has 1 heterocycles. The summed E-state index contributed by atoms with van der Waals surface area (Å²) in [7, 11) is 0. The molecular formula is C22H24Cl4N2OS. The molecule has 8 heteroatoms. The van der Waals surface area contributed by atoms with Crippen LogP contribution in [0.4, 0.5) is 0 Å². The van der Waals surface area contributed by atoms with E-state index >= 15 is 0 Å². The third-order valence-corrected chi connectivity index (χ3v) is 7.50. The van der Waals surface area contributed by atoms with Crippen LogP contribution in [0, 0.1) is 5.92 Å². The normalized spacial score (nSPS) is 15.3. The number of thioether (sulfide) groups is 1. The number of halogens is 4. The van der Waals surface area contributed by atoms with E-state index in [1.807, 2.05) is 30.3 Å². The minimum atomic E-state index is 0.0740. The van der Waals surface area contributed by atoms with E-state index in [1.54, 1.807) is 17.8 Å². The number of likely N-dealkylation sites (tertiary alicyclic amines) is 1. The average molecular weight is 506 g/mol. The Balaban J connectivity index is 1.34. The molecule has 2 aromatic carbocycles. The van der Waals surface area contributed by atoms with Gasteiger partial charge in [0, 0.05) is 50.6 Å². The van der Waals surface area contributed by atoms with Gasteiger partial charge in [-0.2, -0.15) is 11.8 Å². The summed E-state index contributed by atoms with van der Waals surface area (Å²) in [6.45, 7) is 3.20. The average Bonchev–Trinajstić information content (AvgIpc) is 2.72. The Morgan fingerprint density at radius 3 is 2.40 bits per heavy atom. The molecule has 0 aliphatic carbocycles. The Morgan fingerprint density at radius 1 is 1.03 bits per heavy atom. The second-order valence-electron chi connectivity index (χ2n) is 7.33. The number of nitrogens with one attached hydrogen (secondary N) is 1. The molecule has 1 fully saturated rings. The lowest BCUT2D eigenvalue weighted by molar-refractivity contribution is -0.126. The molecule has 162 valence electrons. The summed E-state index contributed by atoms with van der Waals surface area (Å²) in [6.07, 6.45) is 1.72. The largest absolute Gasteiger partial charge is 0.355 e. The van der Waals surface area contributed by atoms with Crippen molar-refractivity contribution in [2.45, 2.75) is 25.1 Å². The van der Waals surface area contributed by atoms with E-state index in [0.717, 1.165) is 55.1 Å². The molecule has 3 nitrogen and oxygen atoms in total. The fourth-order valence-corrected chi connectivity index (χ4v) is 5.54. The number of nitrogens with zero attached hydrogens (tertiary/aromatic N) is 1. The molecule has 1 saturated heterocycles. The molecule has 2 aromatic rings. The zero-order chi connectivity index (χ0) is 21.5. The zero-order valence-corrected chi connectivity index (χ0v) is 20.3. The first-order chi connectivity index (χ1) is 14.4. The van der Waals surface area contributed by atoms with E-state index in [0.29, 0.717) is 26.6 Å². The van der Waals surface area contributed by atoms with Gasteiger partial charge in [0.25, 0.3) is 0 Å². The molecule has 1 amide bonds. The number of piperidine rings is 1. The number of rotatable bonds is 8. The van der Waals surface area contributed by atoms with Gasteiger partial charge < -0.3 is 5.32 Å². The van der Waals surface area contributed by atoms with E-state index in [1.165, 1.54) is 0 Å². The first-order valence-electron chi connectivity index (χ1n) is 9.88. The van der Waals surface area contributed by atoms with Gasteiger partial charge in [0.05, 0.1) is 0 Å². The second kappa shape index (κ2) is 11.8. The van der Waals surface area contributed by atoms with E-state index in [9.17, 15) is 4.79 Å². The Kier molecular flexibility index (Phi) is 9.49. The van der Waals surface area contributed by atoms with Crippen LogP contribution in [0.1, 0.15) is 24.0 Å². The number of amides is 1. The number of carbonyl (C=O) groups is 1. The van der Waals surface area contributed by atoms with E-state index in [4.69, 9.17) is 46.4 Å². The van der Waals surface area contributed by atoms with Crippen molar-refractivity contribution in [2.75, 3.05) is 25.4 Å². The van der Waals surface area contributed by atoms with Crippen LogP contribution in [0.25, 0.3) is 0 Å². The van der Waals surface area contributed by atoms with Crippen LogP contribution in [0.2, 0.25) is 20.1 Å². The quantitative estimate of drug-likeness (QED) is 0.412. The highest BCUT2D eigenvalue weighted by Crippen LogP contribution is 2.28. The Hall–Kier alpha value is -0.620. The minimum Gasteiger partial charge on any atom is -0.355 e. The summed E-state index contributed by atoms with van der Waals surface area (Å²) >= 11 is 26.3. The highest BCUT2D eigenvalue weighted by atomic mass is 35.5. The fourth-order valence-electron chi connectivity index (χ4n) is 3.48. The van der Waals surface area contributed by atoms with Crippen molar-refractivity contribution in [3.8, 4) is 0 Å². The van der Waals surface area contributed by atoms with Crippen molar-refractivity contribution in [1.29, 1.82) is 0 Å². The molecule has 0 aromatic heterocycles. The predicted octanol–water partition coefficient (Wildman–Crippen LogP) is 6.56. The Morgan fingerprint density at radius 2 is 1.73 bits per heavy atom. The maximum absolute atomic E-state index is 12.5. The molecule has 0 radical (unpaired) electrons. The minimum absolute atomic E-state index is 0.0740. The SMILES string of the molecule is O=C(NCCSCc1c(Cl)cccc1Cl)C1CCN(Cc2ccc(Cl)cc2Cl)CC1. The molecule has 1 N–H and O–H groups in total. The summed E-state index contributed by atoms with van der Waals surface area (Å²) in [5.74, 6) is 1.78. The van der Waals surface area contributed by atoms with Gasteiger partial charge in [-0.3, -0.25) is 9.69 Å². The molecule has 30 heavy (non-hydrogen) atoms. The predicted molar refractivity (Wildman–Crippen MR) is 130 cm³/mol. The van der Waals surface area contributed by atoms with Crippen LogP contribution in [0.3, 0.4) is 0 Å². The van der Waals surface area contributed by atoms with Gasteiger partial charge in [-0.25, -0.2) is 0 Å². The standard InChI is InChI=1S/C22H24Cl4N2OS/c23-17-5-4-16(21(26)12-17)13-28-9-6-15(7-10-28)22(29)27-8-11-30-14-18-19(24)2-1-3-20(18)25/h1-5,12,15H,6-11,13-14H2,(H,27,29). The van der Waals surface area contributed by atoms with Gasteiger partial charge in [0.2, 0.25) is 5.91 Å². The fraction of sp³-hybridized carbons (Fsp3) is 0.409. The van der Waals surface area contributed by atoms with Crippen molar-refractivity contribution in [2.24, 2.45) is 5.92 Å². The summed E-state index contributed by atoms with van der Waals surface area (Å²) in [6, 6.07) is 11.1. The van der Waals surface area contributed by atoms with Crippen molar-refractivity contribution in [3.05, 3.63) is 67.6 Å². The van der Waals surface area contributed by atoms with Crippen LogP contribution in [0.15, 0.2) is 36.4 Å². The van der Waals surface area contributed by atoms with Crippen molar-refractivity contribution < 1.29 is 4.79 Å². The Labute approximate surface area is 202 Å². The van der Waals surface area contributed by atoms with Gasteiger partial charge in [-0.15, -0.1) is 0 Å². The summed E-state index contributed by atoms with van der Waals surface area (Å²) in [4.78, 5) is 14.8. The van der Waals surface area contributed by atoms with Gasteiger partial charge in [-0.05, 0) is 61.3 Å². The van der Waals surface area contributed by atoms with Gasteiger partial charge in [0.1, 0.15) is 0 Å². The maximum Gasteiger partial charge on any atom is 0.223 e. The van der Waals surface area contributed by atoms with E-state index in [2.05, 4.69) is 10.2 Å². The summed E-state index contributed by atoms with van der Waals surface area (Å²) < 4.78 is 0. The molecule has 1 aliphatic heterocycles. The lowest BCUT2D eigenvalue weighted by atomic mass is 9.95. The van der Waals surface area contributed by atoms with Gasteiger partial charge in [0.15, 0.2) is 0 Å². The molecule has 3 rings (SSSR count). The number of benzene rings is 2. The molecule has 0 saturated carbocycles. The smallest absolute Gasteiger partial charge is 0.223 e. The van der Waals surface area contributed by atoms with Crippen LogP contribution < -0.4 is 5.32 Å². The molecule has 0 bridgehead atoms. The first kappa shape index (κ1) is 24.0. The number of carbonyl (C=O) groups excluding carboxylic acids is 1. The lowest BCUT2D eigenvalue weighted by Gasteiger charge is -2.31. The summed E-state index contributed by atoms with van der Waals surface area (Å²) in [5.41, 5.74) is 2.02. The first-order valence-corrected chi connectivity index (χ1v) is 12.6. The van der Waals surface area contributed by atoms with Crippen LogP contribution in [-0.2, 0) is 17.1 Å². The van der Waals surface area contributed by atoms with Gasteiger partial charge in [-0.1, -0.05) is 58.5 Å². The maximum atomic E-state index is 12.5. The number of hydrogen-bond donors (Lipinski definition) is 1. The van der Waals surface area contributed by atoms with Crippen LogP contribution >= 0.6 is 58.2 Å². The van der Waals surface area contributed by atoms with Crippen molar-refractivity contribution in [3.63, 3.8) is 0 Å². The molecule has 1 aliphatic rings. The third-order valence-electron chi connectivity index (χ3n) is 5.22.